The van der Waals surface area contributed by atoms with Crippen molar-refractivity contribution in [2.75, 3.05) is 26.9 Å². The molecule has 2 rings (SSSR count). The molecule has 0 fully saturated rings. The molecule has 0 amide bonds. The van der Waals surface area contributed by atoms with Crippen LogP contribution in [0.5, 0.6) is 0 Å². The number of rotatable bonds is 6. The summed E-state index contributed by atoms with van der Waals surface area (Å²) in [4.78, 5) is 13.8. The van der Waals surface area contributed by atoms with E-state index in [2.05, 4.69) is 38.3 Å². The molecule has 138 valence electrons. The fraction of sp³-hybridized carbons (Fsp3) is 0.412. The average molecular weight is 349 g/mol. The molecule has 0 saturated carbocycles. The Hall–Kier alpha value is -2.44. The van der Waals surface area contributed by atoms with Crippen molar-refractivity contribution in [2.45, 2.75) is 19.8 Å². The van der Waals surface area contributed by atoms with E-state index in [0.717, 1.165) is 11.2 Å². The minimum atomic E-state index is -0.264. The highest BCUT2D eigenvalue weighted by Gasteiger charge is 2.05. The maximum absolute atomic E-state index is 10.6. The standard InChI is InChI=1S/C11H10N2.C6H13NO3.H4N2/c1-8-9-4-2-3-5-11(9)13-10(8)6-7-12;1-9-4-5-10-6(8)2-3-7;1-2/h2-5,13H,6H2,1H3;2-5,7H2,1H3;1-2H2. The number of H-pyrrole nitrogens is 1. The molecule has 0 spiro atoms. The van der Waals surface area contributed by atoms with Crippen molar-refractivity contribution in [1.82, 2.24) is 4.98 Å². The lowest BCUT2D eigenvalue weighted by Crippen LogP contribution is -2.13. The minimum absolute atomic E-state index is 0.264. The summed E-state index contributed by atoms with van der Waals surface area (Å²) in [5.41, 5.74) is 8.44. The molecule has 2 aromatic rings. The Balaban J connectivity index is 0.000000434. The molecule has 25 heavy (non-hydrogen) atoms. The normalized spacial score (nSPS) is 9.28. The minimum Gasteiger partial charge on any atom is -0.463 e. The fourth-order valence-electron chi connectivity index (χ4n) is 2.02. The molecule has 0 aliphatic rings. The van der Waals surface area contributed by atoms with Crippen LogP contribution in [0.4, 0.5) is 0 Å². The first-order valence-electron chi connectivity index (χ1n) is 7.75. The molecule has 0 aliphatic heterocycles. The van der Waals surface area contributed by atoms with E-state index in [-0.39, 0.29) is 12.4 Å². The van der Waals surface area contributed by atoms with Crippen LogP contribution in [-0.2, 0) is 20.7 Å². The van der Waals surface area contributed by atoms with Gasteiger partial charge in [0.15, 0.2) is 0 Å². The van der Waals surface area contributed by atoms with E-state index in [1.165, 1.54) is 10.9 Å². The van der Waals surface area contributed by atoms with E-state index in [4.69, 9.17) is 11.0 Å². The largest absolute Gasteiger partial charge is 0.463 e. The van der Waals surface area contributed by atoms with Gasteiger partial charge in [-0.2, -0.15) is 5.26 Å². The molecule has 1 aromatic heterocycles. The van der Waals surface area contributed by atoms with Gasteiger partial charge in [-0.05, 0) is 18.6 Å². The molecular formula is C17H27N5O3. The topological polar surface area (TPSA) is 153 Å². The van der Waals surface area contributed by atoms with Crippen molar-refractivity contribution in [3.8, 4) is 6.07 Å². The van der Waals surface area contributed by atoms with Crippen LogP contribution in [0.2, 0.25) is 0 Å². The zero-order valence-electron chi connectivity index (χ0n) is 14.7. The summed E-state index contributed by atoms with van der Waals surface area (Å²) < 4.78 is 9.34. The van der Waals surface area contributed by atoms with E-state index in [9.17, 15) is 4.79 Å². The number of methoxy groups -OCH3 is 1. The summed E-state index contributed by atoms with van der Waals surface area (Å²) >= 11 is 0. The predicted octanol–water partition coefficient (Wildman–Crippen LogP) is 0.886. The number of carbonyl (C=O) groups excluding carboxylic acids is 1. The molecule has 1 heterocycles. The summed E-state index contributed by atoms with van der Waals surface area (Å²) in [5, 5.41) is 9.81. The van der Waals surface area contributed by atoms with Crippen molar-refractivity contribution in [3.05, 3.63) is 35.5 Å². The zero-order valence-corrected chi connectivity index (χ0v) is 14.7. The number of nitrogens with one attached hydrogen (secondary N) is 1. The van der Waals surface area contributed by atoms with Crippen LogP contribution >= 0.6 is 0 Å². The van der Waals surface area contributed by atoms with E-state index in [1.54, 1.807) is 7.11 Å². The molecular weight excluding hydrogens is 322 g/mol. The Bertz CT molecular complexity index is 664. The first-order valence-corrected chi connectivity index (χ1v) is 7.75. The molecule has 7 N–H and O–H groups in total. The zero-order chi connectivity index (χ0) is 19.1. The Labute approximate surface area is 147 Å². The molecule has 0 radical (unpaired) electrons. The Kier molecular flexibility index (Phi) is 12.6. The Morgan fingerprint density at radius 3 is 2.52 bits per heavy atom. The number of nitrogens with zero attached hydrogens (tertiary/aromatic N) is 1. The second kappa shape index (κ2) is 13.9. The van der Waals surface area contributed by atoms with Gasteiger partial charge in [0.25, 0.3) is 0 Å². The molecule has 8 heteroatoms. The summed E-state index contributed by atoms with van der Waals surface area (Å²) in [6, 6.07) is 10.3. The smallest absolute Gasteiger partial charge is 0.307 e. The molecule has 0 aliphatic carbocycles. The average Bonchev–Trinajstić information content (AvgIpc) is 2.95. The van der Waals surface area contributed by atoms with Gasteiger partial charge in [0, 0.05) is 30.3 Å². The first-order chi connectivity index (χ1) is 12.1. The van der Waals surface area contributed by atoms with Crippen LogP contribution in [0.15, 0.2) is 24.3 Å². The van der Waals surface area contributed by atoms with Crippen molar-refractivity contribution in [2.24, 2.45) is 17.4 Å². The van der Waals surface area contributed by atoms with Crippen molar-refractivity contribution in [3.63, 3.8) is 0 Å². The van der Waals surface area contributed by atoms with E-state index in [1.807, 2.05) is 25.1 Å². The number of ether oxygens (including phenoxy) is 2. The summed E-state index contributed by atoms with van der Waals surface area (Å²) in [6.07, 6.45) is 0.740. The highest BCUT2D eigenvalue weighted by molar-refractivity contribution is 5.84. The van der Waals surface area contributed by atoms with Gasteiger partial charge in [0.1, 0.15) is 6.61 Å². The van der Waals surface area contributed by atoms with Gasteiger partial charge in [0.05, 0.1) is 25.5 Å². The number of esters is 1. The number of benzene rings is 1. The van der Waals surface area contributed by atoms with Crippen LogP contribution in [0.3, 0.4) is 0 Å². The van der Waals surface area contributed by atoms with Crippen LogP contribution in [0.25, 0.3) is 10.9 Å². The lowest BCUT2D eigenvalue weighted by Gasteiger charge is -2.01. The van der Waals surface area contributed by atoms with Crippen LogP contribution in [0, 0.1) is 18.3 Å². The predicted molar refractivity (Wildman–Crippen MR) is 97.2 cm³/mol. The van der Waals surface area contributed by atoms with Gasteiger partial charge in [-0.3, -0.25) is 16.5 Å². The molecule has 1 aromatic carbocycles. The van der Waals surface area contributed by atoms with Gasteiger partial charge in [-0.1, -0.05) is 18.2 Å². The van der Waals surface area contributed by atoms with E-state index in [0.29, 0.717) is 26.2 Å². The number of carbonyl (C=O) groups is 1. The third kappa shape index (κ3) is 8.28. The third-order valence-corrected chi connectivity index (χ3v) is 3.22. The summed E-state index contributed by atoms with van der Waals surface area (Å²) in [6.45, 7) is 3.14. The first kappa shape index (κ1) is 22.6. The number of hydrogen-bond acceptors (Lipinski definition) is 7. The Morgan fingerprint density at radius 2 is 1.96 bits per heavy atom. The van der Waals surface area contributed by atoms with Crippen molar-refractivity contribution >= 4 is 16.9 Å². The SMILES string of the molecule is COCCOC(=O)CCN.Cc1c(CC#N)[nH]c2ccccc12.NN. The van der Waals surface area contributed by atoms with Crippen LogP contribution in [0.1, 0.15) is 17.7 Å². The van der Waals surface area contributed by atoms with Gasteiger partial charge in [0.2, 0.25) is 0 Å². The van der Waals surface area contributed by atoms with Crippen molar-refractivity contribution < 1.29 is 14.3 Å². The van der Waals surface area contributed by atoms with Crippen LogP contribution < -0.4 is 17.4 Å². The number of aryl methyl sites for hydroxylation is 1. The highest BCUT2D eigenvalue weighted by atomic mass is 16.6. The third-order valence-electron chi connectivity index (χ3n) is 3.22. The maximum atomic E-state index is 10.6. The molecule has 0 unspecified atom stereocenters. The quantitative estimate of drug-likeness (QED) is 0.261. The van der Waals surface area contributed by atoms with Crippen LogP contribution in [-0.4, -0.2) is 37.8 Å². The van der Waals surface area contributed by atoms with Gasteiger partial charge in [-0.15, -0.1) is 0 Å². The number of aromatic nitrogens is 1. The molecule has 0 atom stereocenters. The maximum Gasteiger partial charge on any atom is 0.307 e. The van der Waals surface area contributed by atoms with E-state index < -0.39 is 0 Å². The number of nitriles is 1. The van der Waals surface area contributed by atoms with Gasteiger partial charge >= 0.3 is 5.97 Å². The van der Waals surface area contributed by atoms with Gasteiger partial charge in [-0.25, -0.2) is 0 Å². The highest BCUT2D eigenvalue weighted by Crippen LogP contribution is 2.21. The second-order valence-electron chi connectivity index (χ2n) is 4.86. The number of para-hydroxylation sites is 1. The lowest BCUT2D eigenvalue weighted by atomic mass is 10.1. The molecule has 8 nitrogen and oxygen atoms in total. The fourth-order valence-corrected chi connectivity index (χ4v) is 2.02. The Morgan fingerprint density at radius 1 is 1.28 bits per heavy atom. The van der Waals surface area contributed by atoms with E-state index >= 15 is 0 Å². The van der Waals surface area contributed by atoms with Crippen molar-refractivity contribution in [1.29, 1.82) is 5.26 Å². The number of nitrogens with two attached hydrogens (primary N) is 3. The number of hydrogen-bond donors (Lipinski definition) is 4. The number of hydrazine groups is 1. The second-order valence-corrected chi connectivity index (χ2v) is 4.86. The van der Waals surface area contributed by atoms with Gasteiger partial charge < -0.3 is 20.2 Å². The lowest BCUT2D eigenvalue weighted by molar-refractivity contribution is -0.144. The number of fused-ring (bicyclic) bond motifs is 1. The number of aromatic amines is 1. The summed E-state index contributed by atoms with van der Waals surface area (Å²) in [5.74, 6) is 7.74. The molecule has 0 bridgehead atoms. The molecule has 0 saturated heterocycles. The summed E-state index contributed by atoms with van der Waals surface area (Å²) in [7, 11) is 1.55. The monoisotopic (exact) mass is 349 g/mol.